The van der Waals surface area contributed by atoms with Gasteiger partial charge in [-0.3, -0.25) is 9.29 Å². The Labute approximate surface area is 141 Å². The summed E-state index contributed by atoms with van der Waals surface area (Å²) in [5.74, 6) is -0.117. The molecular weight excluding hydrogens is 346 g/mol. The van der Waals surface area contributed by atoms with E-state index < -0.39 is 15.8 Å². The van der Waals surface area contributed by atoms with Gasteiger partial charge in [-0.2, -0.15) is 0 Å². The number of para-hydroxylation sites is 1. The summed E-state index contributed by atoms with van der Waals surface area (Å²) in [7, 11) is -2.35. The third-order valence-electron chi connectivity index (χ3n) is 3.84. The Morgan fingerprint density at radius 2 is 1.96 bits per heavy atom. The van der Waals surface area contributed by atoms with Crippen molar-refractivity contribution in [2.75, 3.05) is 4.72 Å². The molecule has 0 spiro atoms. The van der Waals surface area contributed by atoms with Crippen LogP contribution < -0.4 is 10.5 Å². The lowest BCUT2D eigenvalue weighted by Crippen LogP contribution is -2.13. The average molecular weight is 359 g/mol. The van der Waals surface area contributed by atoms with Gasteiger partial charge in [0.25, 0.3) is 10.0 Å². The molecule has 0 saturated carbocycles. The molecular formula is C16H13N3O5S. The average Bonchev–Trinajstić information content (AvgIpc) is 3.07. The van der Waals surface area contributed by atoms with Gasteiger partial charge in [-0.25, -0.2) is 18.2 Å². The molecule has 0 fully saturated rings. The van der Waals surface area contributed by atoms with Crippen LogP contribution in [0.2, 0.25) is 0 Å². The molecule has 2 aromatic carbocycles. The Hall–Kier alpha value is -3.07. The first-order chi connectivity index (χ1) is 11.8. The van der Waals surface area contributed by atoms with Crippen LogP contribution in [0, 0.1) is 6.92 Å². The molecule has 4 aromatic rings. The maximum atomic E-state index is 12.7. The highest BCUT2D eigenvalue weighted by molar-refractivity contribution is 7.92. The largest absolute Gasteiger partial charge is 0.439 e. The molecule has 0 aliphatic rings. The summed E-state index contributed by atoms with van der Waals surface area (Å²) in [6.45, 7) is 1.68. The van der Waals surface area contributed by atoms with E-state index in [4.69, 9.17) is 8.83 Å². The lowest BCUT2D eigenvalue weighted by molar-refractivity contribution is 0.527. The first kappa shape index (κ1) is 15.5. The molecule has 9 heteroatoms. The Morgan fingerprint density at radius 3 is 2.76 bits per heavy atom. The molecule has 0 bridgehead atoms. The number of oxazole rings is 2. The molecule has 128 valence electrons. The number of hydrogen-bond acceptors (Lipinski definition) is 6. The van der Waals surface area contributed by atoms with Crippen LogP contribution in [0.1, 0.15) is 5.89 Å². The minimum absolute atomic E-state index is 0.0254. The minimum Gasteiger partial charge on any atom is -0.439 e. The summed E-state index contributed by atoms with van der Waals surface area (Å²) >= 11 is 0. The van der Waals surface area contributed by atoms with Crippen LogP contribution in [-0.2, 0) is 17.1 Å². The molecule has 0 amide bonds. The lowest BCUT2D eigenvalue weighted by Gasteiger charge is -2.08. The van der Waals surface area contributed by atoms with E-state index in [-0.39, 0.29) is 16.2 Å². The van der Waals surface area contributed by atoms with Crippen LogP contribution in [0.25, 0.3) is 22.2 Å². The Balaban J connectivity index is 1.80. The summed E-state index contributed by atoms with van der Waals surface area (Å²) in [5.41, 5.74) is 1.91. The molecule has 0 radical (unpaired) electrons. The standard InChI is InChI=1S/C16H13N3O5S/c1-9-17-11-4-3-5-12(15(11)23-9)18-25(21,22)10-6-7-13-14(8-10)24-16(20)19(13)2/h3-8,18H,1-2H3. The van der Waals surface area contributed by atoms with Gasteiger partial charge in [0.2, 0.25) is 0 Å². The molecule has 2 aromatic heterocycles. The third kappa shape index (κ3) is 2.49. The number of hydrogen-bond donors (Lipinski definition) is 1. The van der Waals surface area contributed by atoms with Crippen molar-refractivity contribution in [3.8, 4) is 0 Å². The Morgan fingerprint density at radius 1 is 1.16 bits per heavy atom. The van der Waals surface area contributed by atoms with Crippen molar-refractivity contribution in [2.45, 2.75) is 11.8 Å². The number of rotatable bonds is 3. The molecule has 1 N–H and O–H groups in total. The number of aryl methyl sites for hydroxylation is 2. The van der Waals surface area contributed by atoms with Crippen LogP contribution in [0.3, 0.4) is 0 Å². The highest BCUT2D eigenvalue weighted by atomic mass is 32.2. The molecule has 0 aliphatic carbocycles. The topological polar surface area (TPSA) is 107 Å². The normalized spacial score (nSPS) is 12.1. The minimum atomic E-state index is -3.90. The molecule has 4 rings (SSSR count). The molecule has 2 heterocycles. The number of sulfonamides is 1. The Kier molecular flexibility index (Phi) is 3.22. The van der Waals surface area contributed by atoms with Crippen LogP contribution in [0.5, 0.6) is 0 Å². The number of nitrogens with one attached hydrogen (secondary N) is 1. The van der Waals surface area contributed by atoms with Crippen molar-refractivity contribution in [3.05, 3.63) is 52.8 Å². The zero-order valence-corrected chi connectivity index (χ0v) is 14.1. The van der Waals surface area contributed by atoms with E-state index in [0.29, 0.717) is 22.5 Å². The van der Waals surface area contributed by atoms with Crippen molar-refractivity contribution >= 4 is 37.9 Å². The third-order valence-corrected chi connectivity index (χ3v) is 5.20. The summed E-state index contributed by atoms with van der Waals surface area (Å²) in [6.07, 6.45) is 0. The number of nitrogens with zero attached hydrogens (tertiary/aromatic N) is 2. The van der Waals surface area contributed by atoms with Gasteiger partial charge in [0.15, 0.2) is 17.1 Å². The molecule has 0 saturated heterocycles. The van der Waals surface area contributed by atoms with E-state index in [1.54, 1.807) is 32.2 Å². The highest BCUT2D eigenvalue weighted by Crippen LogP contribution is 2.27. The molecule has 0 unspecified atom stereocenters. The summed E-state index contributed by atoms with van der Waals surface area (Å²) in [5, 5.41) is 0. The van der Waals surface area contributed by atoms with E-state index in [2.05, 4.69) is 9.71 Å². The second kappa shape index (κ2) is 5.21. The zero-order chi connectivity index (χ0) is 17.8. The number of anilines is 1. The zero-order valence-electron chi connectivity index (χ0n) is 13.3. The van der Waals surface area contributed by atoms with Gasteiger partial charge < -0.3 is 8.83 Å². The van der Waals surface area contributed by atoms with Crippen molar-refractivity contribution in [1.82, 2.24) is 9.55 Å². The first-order valence-corrected chi connectivity index (χ1v) is 8.82. The van der Waals surface area contributed by atoms with Gasteiger partial charge in [0, 0.05) is 20.0 Å². The fraction of sp³-hybridized carbons (Fsp3) is 0.125. The van der Waals surface area contributed by atoms with E-state index in [1.165, 1.54) is 22.8 Å². The first-order valence-electron chi connectivity index (χ1n) is 7.34. The molecule has 0 atom stereocenters. The quantitative estimate of drug-likeness (QED) is 0.602. The van der Waals surface area contributed by atoms with Crippen LogP contribution in [0.4, 0.5) is 5.69 Å². The molecule has 0 aliphatic heterocycles. The van der Waals surface area contributed by atoms with Crippen LogP contribution in [-0.4, -0.2) is 18.0 Å². The summed E-state index contributed by atoms with van der Waals surface area (Å²) < 4.78 is 39.7. The fourth-order valence-electron chi connectivity index (χ4n) is 2.63. The van der Waals surface area contributed by atoms with Gasteiger partial charge in [-0.15, -0.1) is 0 Å². The van der Waals surface area contributed by atoms with Gasteiger partial charge >= 0.3 is 5.76 Å². The summed E-state index contributed by atoms with van der Waals surface area (Å²) in [4.78, 5) is 15.7. The number of benzene rings is 2. The Bertz CT molecular complexity index is 1280. The molecule has 25 heavy (non-hydrogen) atoms. The maximum Gasteiger partial charge on any atom is 0.419 e. The number of fused-ring (bicyclic) bond motifs is 2. The van der Waals surface area contributed by atoms with Gasteiger partial charge in [-0.05, 0) is 24.3 Å². The fourth-order valence-corrected chi connectivity index (χ4v) is 3.70. The van der Waals surface area contributed by atoms with E-state index in [1.807, 2.05) is 0 Å². The van der Waals surface area contributed by atoms with Crippen LogP contribution in [0.15, 0.2) is 54.9 Å². The number of aromatic nitrogens is 2. The lowest BCUT2D eigenvalue weighted by atomic mass is 10.3. The van der Waals surface area contributed by atoms with E-state index >= 15 is 0 Å². The highest BCUT2D eigenvalue weighted by Gasteiger charge is 2.19. The molecule has 8 nitrogen and oxygen atoms in total. The SMILES string of the molecule is Cc1nc2cccc(NS(=O)(=O)c3ccc4c(c3)oc(=O)n4C)c2o1. The van der Waals surface area contributed by atoms with Gasteiger partial charge in [0.1, 0.15) is 5.52 Å². The van der Waals surface area contributed by atoms with Crippen molar-refractivity contribution in [1.29, 1.82) is 0 Å². The monoisotopic (exact) mass is 359 g/mol. The second-order valence-electron chi connectivity index (χ2n) is 5.55. The smallest absolute Gasteiger partial charge is 0.419 e. The van der Waals surface area contributed by atoms with E-state index in [0.717, 1.165) is 0 Å². The van der Waals surface area contributed by atoms with Gasteiger partial charge in [-0.1, -0.05) is 6.07 Å². The summed E-state index contributed by atoms with van der Waals surface area (Å²) in [6, 6.07) is 9.24. The predicted molar refractivity (Wildman–Crippen MR) is 91.0 cm³/mol. The second-order valence-corrected chi connectivity index (χ2v) is 7.23. The van der Waals surface area contributed by atoms with Crippen LogP contribution >= 0.6 is 0 Å². The van der Waals surface area contributed by atoms with Gasteiger partial charge in [0.05, 0.1) is 16.1 Å². The maximum absolute atomic E-state index is 12.7. The van der Waals surface area contributed by atoms with E-state index in [9.17, 15) is 13.2 Å². The predicted octanol–water partition coefficient (Wildman–Crippen LogP) is 2.38. The van der Waals surface area contributed by atoms with Crippen molar-refractivity contribution < 1.29 is 17.3 Å². The van der Waals surface area contributed by atoms with Crippen molar-refractivity contribution in [2.24, 2.45) is 7.05 Å². The van der Waals surface area contributed by atoms with Crippen molar-refractivity contribution in [3.63, 3.8) is 0 Å².